The SMILES string of the molecule is CCCCN(CCCC)c1ccc(-c2cc3ccc(/C=C/c4ccc(-c5nc6cc(C(F)(F)F)ccc6o5)c(O)c4)cc3o2)cc1. The van der Waals surface area contributed by atoms with Gasteiger partial charge >= 0.3 is 6.18 Å². The molecule has 0 spiro atoms. The van der Waals surface area contributed by atoms with Gasteiger partial charge in [-0.15, -0.1) is 0 Å². The number of nitrogens with zero attached hydrogens (tertiary/aromatic N) is 2. The summed E-state index contributed by atoms with van der Waals surface area (Å²) < 4.78 is 51.1. The van der Waals surface area contributed by atoms with Gasteiger partial charge in [0.25, 0.3) is 0 Å². The number of hydrogen-bond acceptors (Lipinski definition) is 5. The van der Waals surface area contributed by atoms with Crippen molar-refractivity contribution in [1.29, 1.82) is 0 Å². The van der Waals surface area contributed by atoms with E-state index in [-0.39, 0.29) is 28.3 Å². The van der Waals surface area contributed by atoms with Gasteiger partial charge in [-0.25, -0.2) is 4.98 Å². The van der Waals surface area contributed by atoms with Crippen LogP contribution < -0.4 is 4.90 Å². The molecule has 0 fully saturated rings. The van der Waals surface area contributed by atoms with Crippen molar-refractivity contribution >= 4 is 39.9 Å². The van der Waals surface area contributed by atoms with Crippen molar-refractivity contribution in [1.82, 2.24) is 4.98 Å². The number of oxazole rings is 1. The van der Waals surface area contributed by atoms with E-state index in [1.54, 1.807) is 18.2 Å². The van der Waals surface area contributed by atoms with E-state index in [2.05, 4.69) is 54.1 Å². The Labute approximate surface area is 265 Å². The molecule has 0 aliphatic heterocycles. The lowest BCUT2D eigenvalue weighted by Gasteiger charge is -2.24. The van der Waals surface area contributed by atoms with Crippen molar-refractivity contribution in [3.8, 4) is 28.5 Å². The Kier molecular flexibility index (Phi) is 8.88. The molecule has 5 nitrogen and oxygen atoms in total. The van der Waals surface area contributed by atoms with Crippen LogP contribution in [0.5, 0.6) is 5.75 Å². The second kappa shape index (κ2) is 13.2. The van der Waals surface area contributed by atoms with Gasteiger partial charge in [-0.1, -0.05) is 57.0 Å². The van der Waals surface area contributed by atoms with Gasteiger partial charge in [0.1, 0.15) is 22.6 Å². The average molecular weight is 625 g/mol. The molecule has 0 saturated carbocycles. The van der Waals surface area contributed by atoms with Crippen molar-refractivity contribution in [3.05, 3.63) is 102 Å². The smallest absolute Gasteiger partial charge is 0.416 e. The van der Waals surface area contributed by atoms with Crippen LogP contribution >= 0.6 is 0 Å². The van der Waals surface area contributed by atoms with Crippen molar-refractivity contribution in [2.75, 3.05) is 18.0 Å². The first-order valence-electron chi connectivity index (χ1n) is 15.6. The molecule has 0 saturated heterocycles. The van der Waals surface area contributed by atoms with E-state index in [4.69, 9.17) is 8.83 Å². The van der Waals surface area contributed by atoms with Crippen LogP contribution in [0, 0.1) is 0 Å². The molecule has 236 valence electrons. The first-order valence-corrected chi connectivity index (χ1v) is 15.6. The summed E-state index contributed by atoms with van der Waals surface area (Å²) in [5.74, 6) is 0.757. The number of aromatic hydroxyl groups is 1. The third kappa shape index (κ3) is 6.81. The van der Waals surface area contributed by atoms with E-state index in [1.807, 2.05) is 30.4 Å². The number of fused-ring (bicyclic) bond motifs is 2. The number of anilines is 1. The van der Waals surface area contributed by atoms with Gasteiger partial charge in [-0.05, 0) is 90.7 Å². The third-order valence-corrected chi connectivity index (χ3v) is 8.06. The number of benzene rings is 4. The molecule has 0 atom stereocenters. The zero-order valence-corrected chi connectivity index (χ0v) is 25.8. The fourth-order valence-electron chi connectivity index (χ4n) is 5.44. The van der Waals surface area contributed by atoms with Gasteiger partial charge in [0.05, 0.1) is 11.1 Å². The first-order chi connectivity index (χ1) is 22.2. The molecule has 0 aliphatic carbocycles. The third-order valence-electron chi connectivity index (χ3n) is 8.06. The molecule has 8 heteroatoms. The summed E-state index contributed by atoms with van der Waals surface area (Å²) in [6.45, 7) is 6.57. The van der Waals surface area contributed by atoms with Crippen LogP contribution in [-0.4, -0.2) is 23.2 Å². The fraction of sp³-hybridized carbons (Fsp3) is 0.237. The Morgan fingerprint density at radius 2 is 1.46 bits per heavy atom. The van der Waals surface area contributed by atoms with Crippen LogP contribution in [0.25, 0.3) is 57.0 Å². The second-order valence-corrected chi connectivity index (χ2v) is 11.5. The van der Waals surface area contributed by atoms with E-state index >= 15 is 0 Å². The highest BCUT2D eigenvalue weighted by molar-refractivity contribution is 5.86. The standard InChI is InChI=1S/C38H35F3N2O3/c1-3-5-19-43(20-6-4-2)30-15-12-27(13-16-30)36-23-28-11-9-26(22-35(28)45-36)8-7-25-10-17-31(33(44)21-25)37-42-32-24-29(38(39,40)41)14-18-34(32)46-37/h7-18,21-24,44H,3-6,19-20H2,1-2H3/b8-7+. The molecule has 0 radical (unpaired) electrons. The topological polar surface area (TPSA) is 62.6 Å². The van der Waals surface area contributed by atoms with E-state index in [0.29, 0.717) is 0 Å². The summed E-state index contributed by atoms with van der Waals surface area (Å²) in [6.07, 6.45) is 4.00. The lowest BCUT2D eigenvalue weighted by atomic mass is 10.1. The minimum Gasteiger partial charge on any atom is -0.507 e. The molecule has 2 heterocycles. The highest BCUT2D eigenvalue weighted by Gasteiger charge is 2.31. The number of hydrogen-bond donors (Lipinski definition) is 1. The number of aromatic nitrogens is 1. The predicted molar refractivity (Wildman–Crippen MR) is 179 cm³/mol. The van der Waals surface area contributed by atoms with Gasteiger partial charge in [-0.2, -0.15) is 13.2 Å². The Hall–Kier alpha value is -4.98. The summed E-state index contributed by atoms with van der Waals surface area (Å²) in [4.78, 5) is 6.64. The van der Waals surface area contributed by atoms with Crippen LogP contribution in [-0.2, 0) is 6.18 Å². The lowest BCUT2D eigenvalue weighted by molar-refractivity contribution is -0.137. The number of rotatable bonds is 11. The maximum atomic E-state index is 13.1. The summed E-state index contributed by atoms with van der Waals surface area (Å²) in [7, 11) is 0. The quantitative estimate of drug-likeness (QED) is 0.145. The maximum absolute atomic E-state index is 13.1. The van der Waals surface area contributed by atoms with E-state index in [0.717, 1.165) is 58.6 Å². The molecule has 46 heavy (non-hydrogen) atoms. The Morgan fingerprint density at radius 3 is 2.13 bits per heavy atom. The first kappa shape index (κ1) is 31.0. The number of furan rings is 1. The molecule has 6 rings (SSSR count). The minimum absolute atomic E-state index is 0.0429. The van der Waals surface area contributed by atoms with E-state index in [1.165, 1.54) is 37.4 Å². The lowest BCUT2D eigenvalue weighted by Crippen LogP contribution is -2.25. The average Bonchev–Trinajstić information content (AvgIpc) is 3.67. The Morgan fingerprint density at radius 1 is 0.761 bits per heavy atom. The maximum Gasteiger partial charge on any atom is 0.416 e. The molecule has 0 amide bonds. The van der Waals surface area contributed by atoms with Gasteiger partial charge in [-0.3, -0.25) is 0 Å². The molecule has 0 unspecified atom stereocenters. The number of alkyl halides is 3. The van der Waals surface area contributed by atoms with Crippen molar-refractivity contribution < 1.29 is 27.1 Å². The van der Waals surface area contributed by atoms with Crippen molar-refractivity contribution in [2.24, 2.45) is 0 Å². The summed E-state index contributed by atoms with van der Waals surface area (Å²) in [6, 6.07) is 24.7. The van der Waals surface area contributed by atoms with Crippen LogP contribution in [0.2, 0.25) is 0 Å². The van der Waals surface area contributed by atoms with Gasteiger partial charge in [0.15, 0.2) is 5.58 Å². The second-order valence-electron chi connectivity index (χ2n) is 11.5. The highest BCUT2D eigenvalue weighted by atomic mass is 19.4. The molecule has 0 aliphatic rings. The zero-order valence-electron chi connectivity index (χ0n) is 25.8. The van der Waals surface area contributed by atoms with Gasteiger partial charge in [0, 0.05) is 29.7 Å². The molecule has 4 aromatic carbocycles. The monoisotopic (exact) mass is 624 g/mol. The van der Waals surface area contributed by atoms with Crippen molar-refractivity contribution in [3.63, 3.8) is 0 Å². The molecule has 2 aromatic heterocycles. The molecular formula is C38H35F3N2O3. The largest absolute Gasteiger partial charge is 0.507 e. The summed E-state index contributed by atoms with van der Waals surface area (Å²) >= 11 is 0. The van der Waals surface area contributed by atoms with Crippen LogP contribution in [0.3, 0.4) is 0 Å². The van der Waals surface area contributed by atoms with Gasteiger partial charge < -0.3 is 18.8 Å². The number of halogens is 3. The number of phenolic OH excluding ortho intramolecular Hbond substituents is 1. The summed E-state index contributed by atoms with van der Waals surface area (Å²) in [5, 5.41) is 11.7. The molecule has 1 N–H and O–H groups in total. The zero-order chi connectivity index (χ0) is 32.3. The van der Waals surface area contributed by atoms with Crippen molar-refractivity contribution in [2.45, 2.75) is 45.7 Å². The summed E-state index contributed by atoms with van der Waals surface area (Å²) in [5.41, 5.74) is 4.44. The fourth-order valence-corrected chi connectivity index (χ4v) is 5.44. The van der Waals surface area contributed by atoms with Crippen LogP contribution in [0.15, 0.2) is 93.8 Å². The predicted octanol–water partition coefficient (Wildman–Crippen LogP) is 11.2. The van der Waals surface area contributed by atoms with Crippen LogP contribution in [0.1, 0.15) is 56.2 Å². The highest BCUT2D eigenvalue weighted by Crippen LogP contribution is 2.36. The Balaban J connectivity index is 1.17. The molecule has 0 bridgehead atoms. The van der Waals surface area contributed by atoms with Crippen LogP contribution in [0.4, 0.5) is 18.9 Å². The molecule has 6 aromatic rings. The Bertz CT molecular complexity index is 1980. The number of unbranched alkanes of at least 4 members (excludes halogenated alkanes) is 2. The normalized spacial score (nSPS) is 12.1. The van der Waals surface area contributed by atoms with E-state index in [9.17, 15) is 18.3 Å². The number of phenols is 1. The van der Waals surface area contributed by atoms with Gasteiger partial charge in [0.2, 0.25) is 5.89 Å². The molecular weight excluding hydrogens is 589 g/mol. The minimum atomic E-state index is -4.48. The van der Waals surface area contributed by atoms with E-state index < -0.39 is 11.7 Å².